The van der Waals surface area contributed by atoms with Crippen molar-refractivity contribution in [3.8, 4) is 0 Å². The van der Waals surface area contributed by atoms with Crippen molar-refractivity contribution in [2.24, 2.45) is 10.3 Å². The maximum atomic E-state index is 13.2. The Morgan fingerprint density at radius 1 is 0.667 bits per heavy atom. The Labute approximate surface area is 124 Å². The molecule has 0 aromatic rings. The quantitative estimate of drug-likeness (QED) is 0.507. The third kappa shape index (κ3) is 3.15. The van der Waals surface area contributed by atoms with Crippen LogP contribution in [0, 0.1) is 0 Å². The van der Waals surface area contributed by atoms with Gasteiger partial charge in [-0.1, -0.05) is 0 Å². The number of primary sulfonamides is 2. The van der Waals surface area contributed by atoms with Crippen molar-refractivity contribution in [1.82, 2.24) is 0 Å². The standard InChI is InChI=1S/C4H4F8N2O4S2.Li.H/c5-1(6,4(11,12)20(14,17)18)2(7,3(8,9)10)19(13,15)16;;/h(H2,13,15,16)(H2,14,17,18);;. The normalized spacial score (nSPS) is 17.8. The number of hydrogen-bond donors (Lipinski definition) is 2. The fourth-order valence-electron chi connectivity index (χ4n) is 0.884. The predicted molar refractivity (Wildman–Crippen MR) is 53.2 cm³/mol. The molecule has 0 radical (unpaired) electrons. The van der Waals surface area contributed by atoms with Gasteiger partial charge in [0, 0.05) is 0 Å². The van der Waals surface area contributed by atoms with Gasteiger partial charge < -0.3 is 0 Å². The number of rotatable bonds is 4. The van der Waals surface area contributed by atoms with Gasteiger partial charge in [0.25, 0.3) is 20.0 Å². The van der Waals surface area contributed by atoms with Crippen LogP contribution in [-0.4, -0.2) is 58.1 Å². The second-order valence-corrected chi connectivity index (χ2v) is 6.53. The summed E-state index contributed by atoms with van der Waals surface area (Å²) >= 11 is 0. The molecular formula is C4H5F8LiN2O4S2. The molecule has 0 aliphatic heterocycles. The van der Waals surface area contributed by atoms with Gasteiger partial charge in [-0.15, -0.1) is 0 Å². The van der Waals surface area contributed by atoms with Crippen LogP contribution in [0.15, 0.2) is 0 Å². The SMILES string of the molecule is NS(=O)(=O)C(F)(F)C(F)(F)C(F)(C(F)(F)F)S(N)(=O)=O.[LiH]. The van der Waals surface area contributed by atoms with Gasteiger partial charge in [-0.25, -0.2) is 31.5 Å². The van der Waals surface area contributed by atoms with Crippen LogP contribution in [0.4, 0.5) is 35.1 Å². The fraction of sp³-hybridized carbons (Fsp3) is 1.00. The van der Waals surface area contributed by atoms with Crippen molar-refractivity contribution in [2.45, 2.75) is 22.4 Å². The first-order chi connectivity index (χ1) is 8.25. The summed E-state index contributed by atoms with van der Waals surface area (Å²) < 4.78 is 142. The van der Waals surface area contributed by atoms with E-state index in [1.807, 2.05) is 0 Å². The minimum absolute atomic E-state index is 0. The summed E-state index contributed by atoms with van der Waals surface area (Å²) in [6, 6.07) is 0. The molecule has 0 amide bonds. The molecule has 0 fully saturated rings. The molecule has 1 unspecified atom stereocenters. The van der Waals surface area contributed by atoms with E-state index in [0.717, 1.165) is 0 Å². The van der Waals surface area contributed by atoms with Crippen LogP contribution >= 0.6 is 0 Å². The zero-order valence-electron chi connectivity index (χ0n) is 8.63. The van der Waals surface area contributed by atoms with Crippen LogP contribution in [-0.2, 0) is 20.0 Å². The van der Waals surface area contributed by atoms with Crippen LogP contribution in [0.2, 0.25) is 0 Å². The van der Waals surface area contributed by atoms with Gasteiger partial charge >= 0.3 is 41.2 Å². The van der Waals surface area contributed by atoms with E-state index in [9.17, 15) is 52.0 Å². The molecule has 0 rings (SSSR count). The van der Waals surface area contributed by atoms with Gasteiger partial charge in [-0.05, 0) is 0 Å². The average molecular weight is 368 g/mol. The molecule has 0 saturated heterocycles. The number of hydrogen-bond acceptors (Lipinski definition) is 4. The number of alkyl halides is 8. The van der Waals surface area contributed by atoms with E-state index in [1.165, 1.54) is 0 Å². The molecule has 0 spiro atoms. The summed E-state index contributed by atoms with van der Waals surface area (Å²) in [7, 11) is -13.9. The summed E-state index contributed by atoms with van der Waals surface area (Å²) in [5, 5.41) is -6.88. The van der Waals surface area contributed by atoms with Crippen LogP contribution < -0.4 is 10.3 Å². The molecule has 0 aliphatic carbocycles. The van der Waals surface area contributed by atoms with Gasteiger partial charge in [0.1, 0.15) is 0 Å². The third-order valence-electron chi connectivity index (χ3n) is 1.88. The van der Waals surface area contributed by atoms with E-state index in [0.29, 0.717) is 0 Å². The molecule has 17 heteroatoms. The monoisotopic (exact) mass is 368 g/mol. The van der Waals surface area contributed by atoms with E-state index in [1.54, 1.807) is 0 Å². The minimum atomic E-state index is -7.35. The Hall–Kier alpha value is -0.143. The van der Waals surface area contributed by atoms with E-state index < -0.39 is 42.4 Å². The second-order valence-electron chi connectivity index (χ2n) is 3.27. The predicted octanol–water partition coefficient (Wildman–Crippen LogP) is -0.629. The first-order valence-corrected chi connectivity index (χ1v) is 6.90. The molecule has 0 aliphatic rings. The summed E-state index contributed by atoms with van der Waals surface area (Å²) in [6.07, 6.45) is -7.18. The Kier molecular flexibility index (Phi) is 6.05. The topological polar surface area (TPSA) is 120 Å². The zero-order valence-corrected chi connectivity index (χ0v) is 10.3. The molecule has 0 bridgehead atoms. The van der Waals surface area contributed by atoms with Crippen LogP contribution in [0.5, 0.6) is 0 Å². The summed E-state index contributed by atoms with van der Waals surface area (Å²) in [6.45, 7) is 0. The molecule has 124 valence electrons. The van der Waals surface area contributed by atoms with Crippen molar-refractivity contribution in [2.75, 3.05) is 0 Å². The molecule has 6 nitrogen and oxygen atoms in total. The summed E-state index contributed by atoms with van der Waals surface area (Å²) in [5.74, 6) is -7.35. The van der Waals surface area contributed by atoms with Gasteiger partial charge in [-0.3, -0.25) is 0 Å². The molecule has 1 atom stereocenters. The van der Waals surface area contributed by atoms with E-state index in [-0.39, 0.29) is 18.9 Å². The molecule has 0 saturated carbocycles. The van der Waals surface area contributed by atoms with Crippen molar-refractivity contribution < 1.29 is 52.0 Å². The zero-order chi connectivity index (χ0) is 17.0. The van der Waals surface area contributed by atoms with E-state index in [4.69, 9.17) is 0 Å². The molecule has 0 aromatic carbocycles. The molecule has 21 heavy (non-hydrogen) atoms. The van der Waals surface area contributed by atoms with Crippen molar-refractivity contribution in [1.29, 1.82) is 0 Å². The average Bonchev–Trinajstić information content (AvgIpc) is 2.10. The van der Waals surface area contributed by atoms with Crippen molar-refractivity contribution >= 4 is 38.9 Å². The molecule has 0 aromatic heterocycles. The van der Waals surface area contributed by atoms with Crippen molar-refractivity contribution in [3.05, 3.63) is 0 Å². The number of halogens is 8. The number of sulfonamides is 2. The van der Waals surface area contributed by atoms with E-state index >= 15 is 0 Å². The van der Waals surface area contributed by atoms with Gasteiger partial charge in [-0.2, -0.15) is 30.7 Å². The Bertz CT molecular complexity index is 600. The Balaban J connectivity index is 0. The first kappa shape index (κ1) is 23.1. The van der Waals surface area contributed by atoms with Gasteiger partial charge in [0.15, 0.2) is 0 Å². The van der Waals surface area contributed by atoms with Crippen LogP contribution in [0.25, 0.3) is 0 Å². The molecule has 4 N–H and O–H groups in total. The van der Waals surface area contributed by atoms with Gasteiger partial charge in [0.05, 0.1) is 0 Å². The second kappa shape index (κ2) is 5.49. The van der Waals surface area contributed by atoms with Crippen LogP contribution in [0.3, 0.4) is 0 Å². The van der Waals surface area contributed by atoms with Gasteiger partial charge in [0.2, 0.25) is 0 Å². The van der Waals surface area contributed by atoms with E-state index in [2.05, 4.69) is 10.3 Å². The third-order valence-corrected chi connectivity index (χ3v) is 4.13. The first-order valence-electron chi connectivity index (χ1n) is 3.81. The Morgan fingerprint density at radius 2 is 0.952 bits per heavy atom. The Morgan fingerprint density at radius 3 is 1.10 bits per heavy atom. The van der Waals surface area contributed by atoms with Crippen molar-refractivity contribution in [3.63, 3.8) is 0 Å². The summed E-state index contributed by atoms with van der Waals surface area (Å²) in [4.78, 5) is 0. The maximum absolute atomic E-state index is 13.2. The fourth-order valence-corrected chi connectivity index (χ4v) is 2.25. The molecule has 0 heterocycles. The molecular weight excluding hydrogens is 363 g/mol. The summed E-state index contributed by atoms with van der Waals surface area (Å²) in [5.41, 5.74) is 0. The van der Waals surface area contributed by atoms with Crippen LogP contribution in [0.1, 0.15) is 0 Å². The number of nitrogens with two attached hydrogens (primary N) is 2.